The molecule has 27 heavy (non-hydrogen) atoms. The van der Waals surface area contributed by atoms with Crippen molar-refractivity contribution in [1.82, 2.24) is 9.80 Å². The van der Waals surface area contributed by atoms with E-state index in [0.29, 0.717) is 19.6 Å². The van der Waals surface area contributed by atoms with Crippen molar-refractivity contribution in [2.24, 2.45) is 5.41 Å². The van der Waals surface area contributed by atoms with Crippen LogP contribution < -0.4 is 0 Å². The highest BCUT2D eigenvalue weighted by Gasteiger charge is 2.49. The van der Waals surface area contributed by atoms with Crippen molar-refractivity contribution >= 4 is 12.2 Å². The molecule has 6 nitrogen and oxygen atoms in total. The Morgan fingerprint density at radius 1 is 1.15 bits per heavy atom. The second kappa shape index (κ2) is 7.41. The molecule has 0 aliphatic carbocycles. The van der Waals surface area contributed by atoms with Gasteiger partial charge in [-0.1, -0.05) is 30.3 Å². The zero-order valence-electron chi connectivity index (χ0n) is 16.7. The van der Waals surface area contributed by atoms with E-state index in [1.807, 2.05) is 56.0 Å². The number of nitrogens with zero attached hydrogens (tertiary/aromatic N) is 2. The van der Waals surface area contributed by atoms with Gasteiger partial charge in [-0.3, -0.25) is 0 Å². The summed E-state index contributed by atoms with van der Waals surface area (Å²) in [4.78, 5) is 28.5. The Bertz CT molecular complexity index is 685. The number of carbonyl (C=O) groups excluding carboxylic acids is 2. The van der Waals surface area contributed by atoms with Crippen molar-refractivity contribution in [1.29, 1.82) is 0 Å². The highest BCUT2D eigenvalue weighted by molar-refractivity contribution is 5.70. The summed E-state index contributed by atoms with van der Waals surface area (Å²) in [5.74, 6) is 0. The molecule has 2 amide bonds. The first-order chi connectivity index (χ1) is 12.7. The van der Waals surface area contributed by atoms with E-state index in [4.69, 9.17) is 9.47 Å². The van der Waals surface area contributed by atoms with Crippen molar-refractivity contribution in [2.75, 3.05) is 19.6 Å². The molecule has 2 heterocycles. The summed E-state index contributed by atoms with van der Waals surface area (Å²) in [5, 5.41) is 0. The van der Waals surface area contributed by atoms with Gasteiger partial charge in [-0.05, 0) is 46.1 Å². The van der Waals surface area contributed by atoms with E-state index in [-0.39, 0.29) is 30.3 Å². The van der Waals surface area contributed by atoms with Crippen LogP contribution >= 0.6 is 0 Å². The molecule has 1 spiro atoms. The molecule has 2 fully saturated rings. The molecule has 0 saturated carbocycles. The lowest BCUT2D eigenvalue weighted by Crippen LogP contribution is -2.38. The average molecular weight is 374 g/mol. The standard InChI is InChI=1S/C21H30N2O4/c1-16-12-21(10-11-22(14-21)18(24)27-20(2,3)4)15-23(16)19(25)26-13-17-8-6-5-7-9-17/h5-9,16H,10-15H2,1-4H3. The van der Waals surface area contributed by atoms with Gasteiger partial charge in [-0.2, -0.15) is 0 Å². The first-order valence-corrected chi connectivity index (χ1v) is 9.63. The van der Waals surface area contributed by atoms with Gasteiger partial charge in [0.1, 0.15) is 12.2 Å². The number of likely N-dealkylation sites (tertiary alicyclic amines) is 2. The number of hydrogen-bond acceptors (Lipinski definition) is 4. The summed E-state index contributed by atoms with van der Waals surface area (Å²) in [7, 11) is 0. The van der Waals surface area contributed by atoms with Gasteiger partial charge in [-0.25, -0.2) is 9.59 Å². The molecule has 6 heteroatoms. The Morgan fingerprint density at radius 2 is 1.85 bits per heavy atom. The zero-order chi connectivity index (χ0) is 19.7. The van der Waals surface area contributed by atoms with Crippen LogP contribution in [0.4, 0.5) is 9.59 Å². The molecule has 0 radical (unpaired) electrons. The van der Waals surface area contributed by atoms with Crippen LogP contribution in [-0.2, 0) is 16.1 Å². The number of carbonyl (C=O) groups is 2. The number of benzene rings is 1. The monoisotopic (exact) mass is 374 g/mol. The lowest BCUT2D eigenvalue weighted by Gasteiger charge is -2.27. The molecule has 0 bridgehead atoms. The fraction of sp³-hybridized carbons (Fsp3) is 0.619. The molecule has 3 rings (SSSR count). The lowest BCUT2D eigenvalue weighted by atomic mass is 9.85. The molecule has 2 unspecified atom stereocenters. The summed E-state index contributed by atoms with van der Waals surface area (Å²) in [5.41, 5.74) is 0.426. The summed E-state index contributed by atoms with van der Waals surface area (Å²) >= 11 is 0. The minimum atomic E-state index is -0.497. The Balaban J connectivity index is 1.56. The summed E-state index contributed by atoms with van der Waals surface area (Å²) in [6.45, 7) is 9.88. The van der Waals surface area contributed by atoms with E-state index in [1.54, 1.807) is 4.90 Å². The van der Waals surface area contributed by atoms with Gasteiger partial charge in [0.15, 0.2) is 0 Å². The van der Waals surface area contributed by atoms with E-state index in [9.17, 15) is 9.59 Å². The van der Waals surface area contributed by atoms with E-state index < -0.39 is 5.60 Å². The van der Waals surface area contributed by atoms with Crippen LogP contribution in [0.25, 0.3) is 0 Å². The first-order valence-electron chi connectivity index (χ1n) is 9.63. The molecule has 148 valence electrons. The maximum Gasteiger partial charge on any atom is 0.410 e. The molecule has 1 aromatic rings. The minimum absolute atomic E-state index is 0.0535. The zero-order valence-corrected chi connectivity index (χ0v) is 16.7. The molecule has 2 aliphatic rings. The smallest absolute Gasteiger partial charge is 0.410 e. The van der Waals surface area contributed by atoms with E-state index in [1.165, 1.54) is 0 Å². The Hall–Kier alpha value is -2.24. The molecular weight excluding hydrogens is 344 g/mol. The fourth-order valence-corrected chi connectivity index (χ4v) is 4.08. The molecule has 2 saturated heterocycles. The molecule has 0 N–H and O–H groups in total. The van der Waals surface area contributed by atoms with Crippen LogP contribution in [0.3, 0.4) is 0 Å². The fourth-order valence-electron chi connectivity index (χ4n) is 4.08. The Kier molecular flexibility index (Phi) is 5.36. The largest absolute Gasteiger partial charge is 0.445 e. The highest BCUT2D eigenvalue weighted by atomic mass is 16.6. The van der Waals surface area contributed by atoms with E-state index in [2.05, 4.69) is 6.92 Å². The van der Waals surface area contributed by atoms with Crippen molar-refractivity contribution < 1.29 is 19.1 Å². The SMILES string of the molecule is CC1CC2(CCN(C(=O)OC(C)(C)C)C2)CN1C(=O)OCc1ccccc1. The number of hydrogen-bond donors (Lipinski definition) is 0. The van der Waals surface area contributed by atoms with Crippen molar-refractivity contribution in [3.8, 4) is 0 Å². The summed E-state index contributed by atoms with van der Waals surface area (Å²) < 4.78 is 11.0. The predicted octanol–water partition coefficient (Wildman–Crippen LogP) is 4.04. The van der Waals surface area contributed by atoms with Crippen LogP contribution in [0.5, 0.6) is 0 Å². The van der Waals surface area contributed by atoms with Crippen LogP contribution in [0.1, 0.15) is 46.1 Å². The Morgan fingerprint density at radius 3 is 2.52 bits per heavy atom. The van der Waals surface area contributed by atoms with Crippen molar-refractivity contribution in [3.05, 3.63) is 35.9 Å². The summed E-state index contributed by atoms with van der Waals surface area (Å²) in [6, 6.07) is 9.79. The molecule has 0 aromatic heterocycles. The third-order valence-electron chi connectivity index (χ3n) is 5.30. The van der Waals surface area contributed by atoms with Gasteiger partial charge < -0.3 is 19.3 Å². The van der Waals surface area contributed by atoms with E-state index in [0.717, 1.165) is 18.4 Å². The third-order valence-corrected chi connectivity index (χ3v) is 5.30. The van der Waals surface area contributed by atoms with Gasteiger partial charge in [0.05, 0.1) is 0 Å². The molecular formula is C21H30N2O4. The molecule has 2 atom stereocenters. The number of amides is 2. The van der Waals surface area contributed by atoms with Gasteiger partial charge in [0, 0.05) is 31.1 Å². The normalized spacial score (nSPS) is 25.1. The van der Waals surface area contributed by atoms with Gasteiger partial charge >= 0.3 is 12.2 Å². The maximum atomic E-state index is 12.6. The average Bonchev–Trinajstić information content (AvgIpc) is 3.15. The topological polar surface area (TPSA) is 59.1 Å². The van der Waals surface area contributed by atoms with Crippen molar-refractivity contribution in [3.63, 3.8) is 0 Å². The summed E-state index contributed by atoms with van der Waals surface area (Å²) in [6.07, 6.45) is 1.22. The minimum Gasteiger partial charge on any atom is -0.445 e. The van der Waals surface area contributed by atoms with Crippen LogP contribution in [0.15, 0.2) is 30.3 Å². The third kappa shape index (κ3) is 4.73. The van der Waals surface area contributed by atoms with Crippen LogP contribution in [-0.4, -0.2) is 53.3 Å². The van der Waals surface area contributed by atoms with Crippen LogP contribution in [0, 0.1) is 5.41 Å². The van der Waals surface area contributed by atoms with E-state index >= 15 is 0 Å². The van der Waals surface area contributed by atoms with Gasteiger partial charge in [-0.15, -0.1) is 0 Å². The second-order valence-electron chi connectivity index (χ2n) is 8.87. The number of rotatable bonds is 2. The van der Waals surface area contributed by atoms with Gasteiger partial charge in [0.2, 0.25) is 0 Å². The predicted molar refractivity (Wildman–Crippen MR) is 102 cm³/mol. The highest BCUT2D eigenvalue weighted by Crippen LogP contribution is 2.43. The second-order valence-corrected chi connectivity index (χ2v) is 8.87. The first kappa shape index (κ1) is 19.5. The van der Waals surface area contributed by atoms with Crippen molar-refractivity contribution in [2.45, 2.75) is 58.8 Å². The van der Waals surface area contributed by atoms with Crippen LogP contribution in [0.2, 0.25) is 0 Å². The molecule has 1 aromatic carbocycles. The maximum absolute atomic E-state index is 12.6. The molecule has 2 aliphatic heterocycles. The number of ether oxygens (including phenoxy) is 2. The lowest BCUT2D eigenvalue weighted by molar-refractivity contribution is 0.0274. The van der Waals surface area contributed by atoms with Gasteiger partial charge in [0.25, 0.3) is 0 Å². The quantitative estimate of drug-likeness (QED) is 0.784. The Labute approximate surface area is 161 Å².